The number of hydrogen-bond donors (Lipinski definition) is 1. The van der Waals surface area contributed by atoms with Crippen LogP contribution in [0.1, 0.15) is 57.8 Å². The number of piperidine rings is 1. The van der Waals surface area contributed by atoms with Crippen LogP contribution in [0.2, 0.25) is 0 Å². The van der Waals surface area contributed by atoms with Crippen LogP contribution < -0.4 is 0 Å². The van der Waals surface area contributed by atoms with Crippen molar-refractivity contribution in [3.05, 3.63) is 0 Å². The van der Waals surface area contributed by atoms with E-state index in [4.69, 9.17) is 9.84 Å². The van der Waals surface area contributed by atoms with Gasteiger partial charge in [0.25, 0.3) is 0 Å². The number of carboxylic acid groups (broad SMARTS) is 1. The van der Waals surface area contributed by atoms with Gasteiger partial charge in [-0.2, -0.15) is 0 Å². The molecular weight excluding hydrogens is 254 g/mol. The quantitative estimate of drug-likeness (QED) is 0.864. The SMILES string of the molecule is O=C(O)CC1CCCN(C2CCOC3(CCCC3)C2)C1. The lowest BCUT2D eigenvalue weighted by Gasteiger charge is -2.45. The van der Waals surface area contributed by atoms with E-state index in [0.717, 1.165) is 39.0 Å². The zero-order valence-corrected chi connectivity index (χ0v) is 12.4. The van der Waals surface area contributed by atoms with Crippen LogP contribution in [-0.4, -0.2) is 47.3 Å². The minimum Gasteiger partial charge on any atom is -0.481 e. The molecule has 0 bridgehead atoms. The lowest BCUT2D eigenvalue weighted by molar-refractivity contribution is -0.139. The number of ether oxygens (including phenoxy) is 1. The predicted molar refractivity (Wildman–Crippen MR) is 76.7 cm³/mol. The number of hydrogen-bond acceptors (Lipinski definition) is 3. The third-order valence-corrected chi connectivity index (χ3v) is 5.51. The Morgan fingerprint density at radius 3 is 2.80 bits per heavy atom. The van der Waals surface area contributed by atoms with Gasteiger partial charge in [-0.05, 0) is 51.0 Å². The van der Waals surface area contributed by atoms with Gasteiger partial charge in [0, 0.05) is 25.6 Å². The first-order valence-corrected chi connectivity index (χ1v) is 8.27. The molecule has 1 saturated carbocycles. The van der Waals surface area contributed by atoms with E-state index in [9.17, 15) is 4.79 Å². The van der Waals surface area contributed by atoms with Crippen LogP contribution in [-0.2, 0) is 9.53 Å². The smallest absolute Gasteiger partial charge is 0.303 e. The van der Waals surface area contributed by atoms with Crippen LogP contribution in [0.5, 0.6) is 0 Å². The van der Waals surface area contributed by atoms with Gasteiger partial charge in [-0.3, -0.25) is 9.69 Å². The molecule has 2 saturated heterocycles. The van der Waals surface area contributed by atoms with Crippen molar-refractivity contribution in [2.75, 3.05) is 19.7 Å². The fraction of sp³-hybridized carbons (Fsp3) is 0.938. The molecule has 2 heterocycles. The summed E-state index contributed by atoms with van der Waals surface area (Å²) >= 11 is 0. The molecule has 2 atom stereocenters. The molecule has 0 aromatic carbocycles. The third kappa shape index (κ3) is 3.17. The third-order valence-electron chi connectivity index (χ3n) is 5.51. The standard InChI is InChI=1S/C16H27NO3/c18-15(19)10-13-4-3-8-17(12-13)14-5-9-20-16(11-14)6-1-2-7-16/h13-14H,1-12H2,(H,18,19). The van der Waals surface area contributed by atoms with Gasteiger partial charge < -0.3 is 9.84 Å². The number of rotatable bonds is 3. The zero-order valence-electron chi connectivity index (χ0n) is 12.4. The minimum atomic E-state index is -0.643. The number of likely N-dealkylation sites (tertiary alicyclic amines) is 1. The molecule has 1 spiro atoms. The molecule has 4 nitrogen and oxygen atoms in total. The Morgan fingerprint density at radius 1 is 1.25 bits per heavy atom. The van der Waals surface area contributed by atoms with E-state index in [1.54, 1.807) is 0 Å². The Kier molecular flexibility index (Phi) is 4.32. The maximum Gasteiger partial charge on any atom is 0.303 e. The molecule has 114 valence electrons. The van der Waals surface area contributed by atoms with Crippen molar-refractivity contribution < 1.29 is 14.6 Å². The first-order valence-electron chi connectivity index (χ1n) is 8.27. The minimum absolute atomic E-state index is 0.169. The summed E-state index contributed by atoms with van der Waals surface area (Å²) in [7, 11) is 0. The second-order valence-electron chi connectivity index (χ2n) is 6.99. The van der Waals surface area contributed by atoms with Gasteiger partial charge >= 0.3 is 5.97 Å². The Labute approximate surface area is 121 Å². The summed E-state index contributed by atoms with van der Waals surface area (Å²) in [4.78, 5) is 13.5. The molecular formula is C16H27NO3. The molecule has 20 heavy (non-hydrogen) atoms. The molecule has 4 heteroatoms. The Balaban J connectivity index is 1.58. The first-order chi connectivity index (χ1) is 9.67. The molecule has 3 rings (SSSR count). The molecule has 1 aliphatic carbocycles. The summed E-state index contributed by atoms with van der Waals surface area (Å²) < 4.78 is 6.12. The van der Waals surface area contributed by atoms with Crippen LogP contribution >= 0.6 is 0 Å². The highest BCUT2D eigenvalue weighted by atomic mass is 16.5. The van der Waals surface area contributed by atoms with Crippen LogP contribution in [0, 0.1) is 5.92 Å². The van der Waals surface area contributed by atoms with Crippen LogP contribution in [0.4, 0.5) is 0 Å². The van der Waals surface area contributed by atoms with Crippen LogP contribution in [0.3, 0.4) is 0 Å². The van der Waals surface area contributed by atoms with Crippen LogP contribution in [0.25, 0.3) is 0 Å². The van der Waals surface area contributed by atoms with E-state index in [-0.39, 0.29) is 5.60 Å². The maximum absolute atomic E-state index is 10.9. The summed E-state index contributed by atoms with van der Waals surface area (Å²) in [6.45, 7) is 3.02. The van der Waals surface area contributed by atoms with Crippen molar-refractivity contribution in [1.82, 2.24) is 4.90 Å². The summed E-state index contributed by atoms with van der Waals surface area (Å²) in [6, 6.07) is 0.624. The Hall–Kier alpha value is -0.610. The van der Waals surface area contributed by atoms with Gasteiger partial charge in [0.05, 0.1) is 5.60 Å². The summed E-state index contributed by atoms with van der Waals surface area (Å²) in [5, 5.41) is 8.99. The Morgan fingerprint density at radius 2 is 2.05 bits per heavy atom. The summed E-state index contributed by atoms with van der Waals surface area (Å²) in [5.74, 6) is -0.292. The average molecular weight is 281 g/mol. The fourth-order valence-corrected chi connectivity index (χ4v) is 4.52. The van der Waals surface area contributed by atoms with Crippen molar-refractivity contribution in [2.45, 2.75) is 69.4 Å². The van der Waals surface area contributed by atoms with Gasteiger partial charge in [0.2, 0.25) is 0 Å². The van der Waals surface area contributed by atoms with Crippen molar-refractivity contribution >= 4 is 5.97 Å². The number of nitrogens with zero attached hydrogens (tertiary/aromatic N) is 1. The lowest BCUT2D eigenvalue weighted by Crippen LogP contribution is -2.50. The number of carboxylic acids is 1. The van der Waals surface area contributed by atoms with Gasteiger partial charge in [0.15, 0.2) is 0 Å². The summed E-state index contributed by atoms with van der Waals surface area (Å²) in [6.07, 6.45) is 9.97. The molecule has 0 aromatic rings. The van der Waals surface area contributed by atoms with Crippen molar-refractivity contribution in [1.29, 1.82) is 0 Å². The van der Waals surface area contributed by atoms with E-state index in [0.29, 0.717) is 18.4 Å². The highest BCUT2D eigenvalue weighted by Crippen LogP contribution is 2.41. The highest BCUT2D eigenvalue weighted by molar-refractivity contribution is 5.67. The van der Waals surface area contributed by atoms with Gasteiger partial charge in [0.1, 0.15) is 0 Å². The van der Waals surface area contributed by atoms with Crippen molar-refractivity contribution in [2.24, 2.45) is 5.92 Å². The molecule has 1 N–H and O–H groups in total. The maximum atomic E-state index is 10.9. The van der Waals surface area contributed by atoms with E-state index >= 15 is 0 Å². The molecule has 0 radical (unpaired) electrons. The van der Waals surface area contributed by atoms with E-state index < -0.39 is 5.97 Å². The van der Waals surface area contributed by atoms with Gasteiger partial charge in [-0.15, -0.1) is 0 Å². The highest BCUT2D eigenvalue weighted by Gasteiger charge is 2.42. The molecule has 3 aliphatic rings. The number of carbonyl (C=O) groups is 1. The predicted octanol–water partition coefficient (Wildman–Crippen LogP) is 2.66. The zero-order chi connectivity index (χ0) is 14.0. The molecule has 0 amide bonds. The molecule has 0 aromatic heterocycles. The molecule has 3 fully saturated rings. The largest absolute Gasteiger partial charge is 0.481 e. The van der Waals surface area contributed by atoms with Crippen molar-refractivity contribution in [3.63, 3.8) is 0 Å². The van der Waals surface area contributed by atoms with Crippen molar-refractivity contribution in [3.8, 4) is 0 Å². The second kappa shape index (κ2) is 6.02. The first kappa shape index (κ1) is 14.3. The van der Waals surface area contributed by atoms with E-state index in [2.05, 4.69) is 4.90 Å². The Bertz CT molecular complexity index is 352. The van der Waals surface area contributed by atoms with Crippen LogP contribution in [0.15, 0.2) is 0 Å². The normalized spacial score (nSPS) is 34.4. The topological polar surface area (TPSA) is 49.8 Å². The second-order valence-corrected chi connectivity index (χ2v) is 6.99. The summed E-state index contributed by atoms with van der Waals surface area (Å²) in [5.41, 5.74) is 0.169. The van der Waals surface area contributed by atoms with Gasteiger partial charge in [-0.1, -0.05) is 12.8 Å². The molecule has 2 unspecified atom stereocenters. The number of aliphatic carboxylic acids is 1. The molecule has 2 aliphatic heterocycles. The monoisotopic (exact) mass is 281 g/mol. The fourth-order valence-electron chi connectivity index (χ4n) is 4.52. The van der Waals surface area contributed by atoms with E-state index in [1.165, 1.54) is 32.1 Å². The lowest BCUT2D eigenvalue weighted by atomic mass is 9.86. The average Bonchev–Trinajstić information content (AvgIpc) is 2.86. The van der Waals surface area contributed by atoms with E-state index in [1.807, 2.05) is 0 Å². The van der Waals surface area contributed by atoms with Gasteiger partial charge in [-0.25, -0.2) is 0 Å².